The van der Waals surface area contributed by atoms with Crippen LogP contribution in [-0.2, 0) is 16.0 Å². The predicted octanol–water partition coefficient (Wildman–Crippen LogP) is 1.59. The van der Waals surface area contributed by atoms with E-state index in [0.717, 1.165) is 24.8 Å². The van der Waals surface area contributed by atoms with Crippen molar-refractivity contribution in [1.29, 1.82) is 0 Å². The molecule has 2 N–H and O–H groups in total. The monoisotopic (exact) mass is 347 g/mol. The third-order valence-electron chi connectivity index (χ3n) is 4.91. The molecule has 0 aromatic heterocycles. The minimum atomic E-state index is -0.604. The molecule has 2 fully saturated rings. The van der Waals surface area contributed by atoms with Gasteiger partial charge in [-0.25, -0.2) is 9.18 Å². The maximum atomic E-state index is 12.9. The Morgan fingerprint density at radius 1 is 1.16 bits per heavy atom. The van der Waals surface area contributed by atoms with E-state index in [1.54, 1.807) is 0 Å². The van der Waals surface area contributed by atoms with Crippen LogP contribution in [-0.4, -0.2) is 41.9 Å². The van der Waals surface area contributed by atoms with E-state index >= 15 is 0 Å². The van der Waals surface area contributed by atoms with Crippen LogP contribution in [0.5, 0.6) is 0 Å². The first-order valence-electron chi connectivity index (χ1n) is 8.65. The Morgan fingerprint density at radius 2 is 1.84 bits per heavy atom. The van der Waals surface area contributed by atoms with Crippen molar-refractivity contribution in [2.75, 3.05) is 13.1 Å². The number of hydrogen-bond acceptors (Lipinski definition) is 3. The lowest BCUT2D eigenvalue weighted by Gasteiger charge is -2.32. The van der Waals surface area contributed by atoms with Crippen LogP contribution in [0.3, 0.4) is 0 Å². The van der Waals surface area contributed by atoms with E-state index in [-0.39, 0.29) is 24.1 Å². The normalized spacial score (nSPS) is 21.2. The van der Waals surface area contributed by atoms with Gasteiger partial charge in [0.05, 0.1) is 0 Å². The number of hydrogen-bond donors (Lipinski definition) is 2. The fourth-order valence-electron chi connectivity index (χ4n) is 3.43. The van der Waals surface area contributed by atoms with E-state index in [1.807, 2.05) is 17.0 Å². The number of rotatable bonds is 5. The number of imide groups is 1. The van der Waals surface area contributed by atoms with Gasteiger partial charge in [0.2, 0.25) is 5.91 Å². The number of likely N-dealkylation sites (tertiary alicyclic amines) is 1. The van der Waals surface area contributed by atoms with Gasteiger partial charge in [0, 0.05) is 19.5 Å². The van der Waals surface area contributed by atoms with Crippen molar-refractivity contribution in [3.63, 3.8) is 0 Å². The van der Waals surface area contributed by atoms with Crippen molar-refractivity contribution in [1.82, 2.24) is 15.5 Å². The number of nitrogens with zero attached hydrogens (tertiary/aromatic N) is 1. The second kappa shape index (κ2) is 7.63. The molecule has 2 aliphatic heterocycles. The average molecular weight is 347 g/mol. The van der Waals surface area contributed by atoms with Crippen molar-refractivity contribution in [2.45, 2.75) is 38.1 Å². The summed E-state index contributed by atoms with van der Waals surface area (Å²) in [4.78, 5) is 36.6. The molecule has 4 amide bonds. The number of carbonyl (C=O) groups excluding carboxylic acids is 3. The van der Waals surface area contributed by atoms with Crippen LogP contribution in [0.1, 0.15) is 31.2 Å². The Balaban J connectivity index is 1.41. The third-order valence-corrected chi connectivity index (χ3v) is 4.91. The molecule has 0 spiro atoms. The van der Waals surface area contributed by atoms with E-state index in [4.69, 9.17) is 0 Å². The second-order valence-electron chi connectivity index (χ2n) is 6.71. The number of piperidine rings is 1. The summed E-state index contributed by atoms with van der Waals surface area (Å²) in [6.45, 7) is 1.40. The van der Waals surface area contributed by atoms with Gasteiger partial charge in [-0.1, -0.05) is 12.1 Å². The quantitative estimate of drug-likeness (QED) is 0.794. The van der Waals surface area contributed by atoms with Gasteiger partial charge in [-0.3, -0.25) is 14.9 Å². The molecule has 1 aromatic carbocycles. The van der Waals surface area contributed by atoms with Gasteiger partial charge in [-0.05, 0) is 49.3 Å². The fourth-order valence-corrected chi connectivity index (χ4v) is 3.43. The zero-order chi connectivity index (χ0) is 17.8. The summed E-state index contributed by atoms with van der Waals surface area (Å²) in [5.74, 6) is -0.0734. The summed E-state index contributed by atoms with van der Waals surface area (Å²) in [5, 5.41) is 4.67. The lowest BCUT2D eigenvalue weighted by molar-refractivity contribution is -0.132. The number of carbonyl (C=O) groups is 3. The van der Waals surface area contributed by atoms with Crippen LogP contribution in [0.25, 0.3) is 0 Å². The summed E-state index contributed by atoms with van der Waals surface area (Å²) >= 11 is 0. The SMILES string of the molecule is O=C1NC(=O)[C@H](CCC(=O)N2CCC(Cc3ccc(F)cc3)CC2)N1. The summed E-state index contributed by atoms with van der Waals surface area (Å²) in [6.07, 6.45) is 3.32. The molecule has 0 bridgehead atoms. The van der Waals surface area contributed by atoms with Gasteiger partial charge in [-0.2, -0.15) is 0 Å². The van der Waals surface area contributed by atoms with Crippen LogP contribution in [0.15, 0.2) is 24.3 Å². The highest BCUT2D eigenvalue weighted by Crippen LogP contribution is 2.22. The number of urea groups is 1. The highest BCUT2D eigenvalue weighted by Gasteiger charge is 2.30. The lowest BCUT2D eigenvalue weighted by atomic mass is 9.90. The Labute approximate surface area is 145 Å². The second-order valence-corrected chi connectivity index (χ2v) is 6.71. The topological polar surface area (TPSA) is 78.5 Å². The van der Waals surface area contributed by atoms with Crippen molar-refractivity contribution in [3.05, 3.63) is 35.6 Å². The van der Waals surface area contributed by atoms with E-state index in [2.05, 4.69) is 10.6 Å². The summed E-state index contributed by atoms with van der Waals surface area (Å²) in [5.41, 5.74) is 1.12. The molecule has 1 aromatic rings. The minimum absolute atomic E-state index is 0.0224. The van der Waals surface area contributed by atoms with Crippen molar-refractivity contribution < 1.29 is 18.8 Å². The Hall–Kier alpha value is -2.44. The van der Waals surface area contributed by atoms with Crippen LogP contribution < -0.4 is 10.6 Å². The van der Waals surface area contributed by atoms with E-state index in [1.165, 1.54) is 12.1 Å². The van der Waals surface area contributed by atoms with Gasteiger partial charge < -0.3 is 10.2 Å². The maximum absolute atomic E-state index is 12.9. The van der Waals surface area contributed by atoms with Crippen LogP contribution in [0, 0.1) is 11.7 Å². The van der Waals surface area contributed by atoms with Crippen LogP contribution in [0.2, 0.25) is 0 Å². The molecule has 3 rings (SSSR count). The zero-order valence-electron chi connectivity index (χ0n) is 14.0. The predicted molar refractivity (Wildman–Crippen MR) is 89.1 cm³/mol. The molecular formula is C18H22FN3O3. The molecule has 2 heterocycles. The molecule has 0 radical (unpaired) electrons. The molecule has 25 heavy (non-hydrogen) atoms. The highest BCUT2D eigenvalue weighted by molar-refractivity contribution is 6.04. The molecular weight excluding hydrogens is 325 g/mol. The zero-order valence-corrected chi connectivity index (χ0v) is 14.0. The standard InChI is InChI=1S/C18H22FN3O3/c19-14-3-1-12(2-4-14)11-13-7-9-22(10-8-13)16(23)6-5-15-17(24)21-18(25)20-15/h1-4,13,15H,5-11H2,(H2,20,21,24,25)/t15-/m0/s1. The molecule has 7 heteroatoms. The van der Waals surface area contributed by atoms with Gasteiger partial charge in [0.15, 0.2) is 0 Å². The molecule has 134 valence electrons. The minimum Gasteiger partial charge on any atom is -0.343 e. The smallest absolute Gasteiger partial charge is 0.322 e. The molecule has 2 aliphatic rings. The number of amides is 4. The van der Waals surface area contributed by atoms with Crippen LogP contribution >= 0.6 is 0 Å². The van der Waals surface area contributed by atoms with Gasteiger partial charge in [-0.15, -0.1) is 0 Å². The lowest BCUT2D eigenvalue weighted by Crippen LogP contribution is -2.40. The molecule has 0 unspecified atom stereocenters. The molecule has 1 atom stereocenters. The molecule has 0 aliphatic carbocycles. The maximum Gasteiger partial charge on any atom is 0.322 e. The van der Waals surface area contributed by atoms with Gasteiger partial charge >= 0.3 is 6.03 Å². The Bertz CT molecular complexity index is 654. The van der Waals surface area contributed by atoms with Crippen molar-refractivity contribution in [3.8, 4) is 0 Å². The average Bonchev–Trinajstić information content (AvgIpc) is 2.93. The van der Waals surface area contributed by atoms with E-state index in [9.17, 15) is 18.8 Å². The first-order chi connectivity index (χ1) is 12.0. The largest absolute Gasteiger partial charge is 0.343 e. The summed E-state index contributed by atoms with van der Waals surface area (Å²) in [7, 11) is 0. The van der Waals surface area contributed by atoms with E-state index in [0.29, 0.717) is 25.4 Å². The summed E-state index contributed by atoms with van der Waals surface area (Å²) < 4.78 is 12.9. The first kappa shape index (κ1) is 17.4. The third kappa shape index (κ3) is 4.55. The highest BCUT2D eigenvalue weighted by atomic mass is 19.1. The number of nitrogens with one attached hydrogen (secondary N) is 2. The van der Waals surface area contributed by atoms with E-state index < -0.39 is 12.1 Å². The number of halogens is 1. The fraction of sp³-hybridized carbons (Fsp3) is 0.500. The molecule has 2 saturated heterocycles. The molecule has 0 saturated carbocycles. The Kier molecular flexibility index (Phi) is 5.31. The van der Waals surface area contributed by atoms with Crippen molar-refractivity contribution in [2.24, 2.45) is 5.92 Å². The number of benzene rings is 1. The van der Waals surface area contributed by atoms with Crippen LogP contribution in [0.4, 0.5) is 9.18 Å². The molecule has 6 nitrogen and oxygen atoms in total. The summed E-state index contributed by atoms with van der Waals surface area (Å²) in [6, 6.07) is 5.48. The van der Waals surface area contributed by atoms with Crippen molar-refractivity contribution >= 4 is 17.8 Å². The van der Waals surface area contributed by atoms with Gasteiger partial charge in [0.25, 0.3) is 5.91 Å². The first-order valence-corrected chi connectivity index (χ1v) is 8.65. The Morgan fingerprint density at radius 3 is 2.44 bits per heavy atom. The van der Waals surface area contributed by atoms with Gasteiger partial charge in [0.1, 0.15) is 11.9 Å².